The predicted molar refractivity (Wildman–Crippen MR) is 64.9 cm³/mol. The number of carbonyl (C=O) groups is 1. The molecule has 2 aromatic rings. The zero-order valence-corrected chi connectivity index (χ0v) is 10.8. The minimum absolute atomic E-state index is 0.155. The van der Waals surface area contributed by atoms with Gasteiger partial charge in [0.2, 0.25) is 0 Å². The van der Waals surface area contributed by atoms with E-state index in [2.05, 4.69) is 21.0 Å². The Bertz CT molecular complexity index is 639. The molecule has 0 unspecified atom stereocenters. The molecular weight excluding hydrogens is 307 g/mol. The lowest BCUT2D eigenvalue weighted by Crippen LogP contribution is -1.99. The molecule has 94 valence electrons. The van der Waals surface area contributed by atoms with Gasteiger partial charge >= 0.3 is 5.97 Å². The predicted octanol–water partition coefficient (Wildman–Crippen LogP) is 2.39. The van der Waals surface area contributed by atoms with E-state index in [1.165, 1.54) is 23.9 Å². The highest BCUT2D eigenvalue weighted by Gasteiger charge is 2.17. The molecule has 2 N–H and O–H groups in total. The molecule has 0 amide bonds. The van der Waals surface area contributed by atoms with Gasteiger partial charge in [-0.15, -0.1) is 0 Å². The Morgan fingerprint density at radius 2 is 2.11 bits per heavy atom. The Morgan fingerprint density at radius 3 is 2.67 bits per heavy atom. The summed E-state index contributed by atoms with van der Waals surface area (Å²) in [7, 11) is 1.52. The number of benzene rings is 1. The van der Waals surface area contributed by atoms with Gasteiger partial charge in [0.15, 0.2) is 5.69 Å². The number of phenolic OH excluding ortho intramolecular Hbond substituents is 1. The topological polar surface area (TPSA) is 75.4 Å². The highest BCUT2D eigenvalue weighted by Crippen LogP contribution is 2.32. The minimum Gasteiger partial charge on any atom is -0.507 e. The number of hydrogen-bond donors (Lipinski definition) is 2. The van der Waals surface area contributed by atoms with Crippen molar-refractivity contribution in [1.82, 2.24) is 9.78 Å². The van der Waals surface area contributed by atoms with Crippen molar-refractivity contribution in [2.75, 3.05) is 0 Å². The summed E-state index contributed by atoms with van der Waals surface area (Å²) in [4.78, 5) is 10.8. The summed E-state index contributed by atoms with van der Waals surface area (Å²) >= 11 is 3.08. The van der Waals surface area contributed by atoms with Crippen molar-refractivity contribution in [3.63, 3.8) is 0 Å². The molecule has 0 bridgehead atoms. The van der Waals surface area contributed by atoms with Crippen LogP contribution in [-0.2, 0) is 7.05 Å². The van der Waals surface area contributed by atoms with Crippen LogP contribution in [0.3, 0.4) is 0 Å². The summed E-state index contributed by atoms with van der Waals surface area (Å²) in [5.74, 6) is -2.07. The summed E-state index contributed by atoms with van der Waals surface area (Å²) in [6.45, 7) is 0. The lowest BCUT2D eigenvalue weighted by atomic mass is 10.1. The van der Waals surface area contributed by atoms with Crippen LogP contribution in [-0.4, -0.2) is 26.0 Å². The number of hydrogen-bond acceptors (Lipinski definition) is 3. The van der Waals surface area contributed by atoms with E-state index in [0.717, 1.165) is 6.07 Å². The van der Waals surface area contributed by atoms with E-state index in [-0.39, 0.29) is 17.0 Å². The molecule has 0 aliphatic heterocycles. The monoisotopic (exact) mass is 314 g/mol. The molecular formula is C11H8BrFN2O3. The lowest BCUT2D eigenvalue weighted by molar-refractivity contribution is 0.0689. The molecule has 0 saturated heterocycles. The van der Waals surface area contributed by atoms with Gasteiger partial charge < -0.3 is 10.2 Å². The largest absolute Gasteiger partial charge is 0.507 e. The second-order valence-electron chi connectivity index (χ2n) is 3.63. The fourth-order valence-electron chi connectivity index (χ4n) is 1.56. The molecule has 1 heterocycles. The first-order valence-corrected chi connectivity index (χ1v) is 5.65. The average Bonchev–Trinajstić information content (AvgIpc) is 2.66. The van der Waals surface area contributed by atoms with Gasteiger partial charge in [-0.25, -0.2) is 9.18 Å². The summed E-state index contributed by atoms with van der Waals surface area (Å²) in [6, 6.07) is 3.59. The molecule has 0 aliphatic rings. The molecule has 1 aromatic heterocycles. The Labute approximate surface area is 110 Å². The van der Waals surface area contributed by atoms with Crippen LogP contribution in [0.2, 0.25) is 0 Å². The first-order chi connectivity index (χ1) is 8.40. The Kier molecular flexibility index (Phi) is 3.08. The van der Waals surface area contributed by atoms with Gasteiger partial charge in [-0.1, -0.05) is 0 Å². The van der Waals surface area contributed by atoms with Crippen molar-refractivity contribution < 1.29 is 19.4 Å². The van der Waals surface area contributed by atoms with E-state index < -0.39 is 11.8 Å². The lowest BCUT2D eigenvalue weighted by Gasteiger charge is -2.05. The van der Waals surface area contributed by atoms with Crippen molar-refractivity contribution in [2.24, 2.45) is 7.05 Å². The third-order valence-electron chi connectivity index (χ3n) is 2.41. The number of aromatic nitrogens is 2. The molecule has 2 rings (SSSR count). The number of aromatic hydroxyl groups is 1. The Hall–Kier alpha value is -1.89. The maximum Gasteiger partial charge on any atom is 0.356 e. The van der Waals surface area contributed by atoms with Crippen LogP contribution in [0.1, 0.15) is 10.5 Å². The van der Waals surface area contributed by atoms with E-state index >= 15 is 0 Å². The number of carboxylic acid groups (broad SMARTS) is 1. The van der Waals surface area contributed by atoms with E-state index in [1.807, 2.05) is 0 Å². The van der Waals surface area contributed by atoms with Gasteiger partial charge in [-0.05, 0) is 28.1 Å². The van der Waals surface area contributed by atoms with Gasteiger partial charge in [-0.3, -0.25) is 4.68 Å². The smallest absolute Gasteiger partial charge is 0.356 e. The zero-order valence-electron chi connectivity index (χ0n) is 9.19. The molecule has 1 aromatic carbocycles. The van der Waals surface area contributed by atoms with Gasteiger partial charge in [0.25, 0.3) is 0 Å². The van der Waals surface area contributed by atoms with E-state index in [9.17, 15) is 14.3 Å². The summed E-state index contributed by atoms with van der Waals surface area (Å²) in [5.41, 5.74) is 0.295. The first-order valence-electron chi connectivity index (χ1n) is 4.86. The highest BCUT2D eigenvalue weighted by atomic mass is 79.9. The van der Waals surface area contributed by atoms with Crippen molar-refractivity contribution in [3.05, 3.63) is 34.2 Å². The van der Waals surface area contributed by atoms with Crippen molar-refractivity contribution in [2.45, 2.75) is 0 Å². The van der Waals surface area contributed by atoms with E-state index in [1.54, 1.807) is 0 Å². The second kappa shape index (κ2) is 4.41. The third-order valence-corrected chi connectivity index (χ3v) is 3.05. The van der Waals surface area contributed by atoms with Crippen LogP contribution in [0, 0.1) is 5.82 Å². The molecule has 0 radical (unpaired) electrons. The fourth-order valence-corrected chi connectivity index (χ4v) is 1.90. The van der Waals surface area contributed by atoms with Crippen LogP contribution in [0.15, 0.2) is 22.7 Å². The van der Waals surface area contributed by atoms with Gasteiger partial charge in [-0.2, -0.15) is 5.10 Å². The molecule has 0 atom stereocenters. The van der Waals surface area contributed by atoms with Crippen LogP contribution < -0.4 is 0 Å². The fraction of sp³-hybridized carbons (Fsp3) is 0.0909. The number of phenols is 1. The maximum absolute atomic E-state index is 13.7. The molecule has 0 aliphatic carbocycles. The number of halogens is 2. The molecule has 0 fully saturated rings. The van der Waals surface area contributed by atoms with Crippen LogP contribution in [0.25, 0.3) is 11.3 Å². The number of carboxylic acids is 1. The van der Waals surface area contributed by atoms with Crippen LogP contribution >= 0.6 is 15.9 Å². The zero-order chi connectivity index (χ0) is 13.4. The van der Waals surface area contributed by atoms with Gasteiger partial charge in [0.05, 0.1) is 10.2 Å². The summed E-state index contributed by atoms with van der Waals surface area (Å²) < 4.78 is 15.3. The van der Waals surface area contributed by atoms with Crippen LogP contribution in [0.4, 0.5) is 4.39 Å². The molecule has 18 heavy (non-hydrogen) atoms. The van der Waals surface area contributed by atoms with Crippen LogP contribution in [0.5, 0.6) is 5.75 Å². The Morgan fingerprint density at radius 1 is 1.44 bits per heavy atom. The maximum atomic E-state index is 13.7. The molecule has 0 saturated carbocycles. The quantitative estimate of drug-likeness (QED) is 0.892. The van der Waals surface area contributed by atoms with Crippen molar-refractivity contribution in [1.29, 1.82) is 0 Å². The third kappa shape index (κ3) is 2.08. The normalized spacial score (nSPS) is 10.6. The number of aromatic carboxylic acids is 1. The first kappa shape index (κ1) is 12.6. The van der Waals surface area contributed by atoms with Gasteiger partial charge in [0, 0.05) is 18.7 Å². The average molecular weight is 315 g/mol. The van der Waals surface area contributed by atoms with Gasteiger partial charge in [0.1, 0.15) is 11.6 Å². The number of nitrogens with zero attached hydrogens (tertiary/aromatic N) is 2. The van der Waals surface area contributed by atoms with Crippen molar-refractivity contribution in [3.8, 4) is 17.0 Å². The van der Waals surface area contributed by atoms with E-state index in [0.29, 0.717) is 10.2 Å². The molecule has 5 nitrogen and oxygen atoms in total. The minimum atomic E-state index is -1.19. The highest BCUT2D eigenvalue weighted by molar-refractivity contribution is 9.10. The molecule has 0 spiro atoms. The molecule has 7 heteroatoms. The van der Waals surface area contributed by atoms with Crippen molar-refractivity contribution >= 4 is 21.9 Å². The number of aryl methyl sites for hydroxylation is 1. The SMILES string of the molecule is Cn1nc(C(=O)O)cc1-c1cc(Br)c(O)cc1F. The second-order valence-corrected chi connectivity index (χ2v) is 4.48. The van der Waals surface area contributed by atoms with E-state index in [4.69, 9.17) is 5.11 Å². The summed E-state index contributed by atoms with van der Waals surface area (Å²) in [6.07, 6.45) is 0. The summed E-state index contributed by atoms with van der Waals surface area (Å²) in [5, 5.41) is 21.9. The standard InChI is InChI=1S/C11H8BrFN2O3/c1-15-9(4-8(14-15)11(17)18)5-2-6(12)10(16)3-7(5)13/h2-4,16H,1H3,(H,17,18). The Balaban J connectivity index is 2.62. The number of rotatable bonds is 2.